The topological polar surface area (TPSA) is 79.5 Å². The van der Waals surface area contributed by atoms with Crippen LogP contribution in [0.1, 0.15) is 0 Å². The third-order valence-electron chi connectivity index (χ3n) is 2.05. The number of anilines is 1. The SMILES string of the molecule is O=[N+]([O-])c1cc(Cl)cnc1N(CCO)CC(F)(F)F. The molecule has 0 atom stereocenters. The van der Waals surface area contributed by atoms with E-state index in [-0.39, 0.29) is 5.02 Å². The molecule has 1 rings (SSSR count). The predicted octanol–water partition coefficient (Wildman–Crippen LogP) is 2.00. The van der Waals surface area contributed by atoms with Crippen molar-refractivity contribution in [3.63, 3.8) is 0 Å². The fraction of sp³-hybridized carbons (Fsp3) is 0.444. The van der Waals surface area contributed by atoms with Gasteiger partial charge in [0.05, 0.1) is 16.6 Å². The molecule has 1 N–H and O–H groups in total. The van der Waals surface area contributed by atoms with Crippen LogP contribution in [0.3, 0.4) is 0 Å². The summed E-state index contributed by atoms with van der Waals surface area (Å²) in [6.07, 6.45) is -3.57. The molecule has 0 radical (unpaired) electrons. The normalized spacial score (nSPS) is 11.4. The van der Waals surface area contributed by atoms with Crippen molar-refractivity contribution in [2.24, 2.45) is 0 Å². The number of alkyl halides is 3. The Balaban J connectivity index is 3.18. The number of aromatic nitrogens is 1. The molecule has 6 nitrogen and oxygen atoms in total. The first-order chi connectivity index (χ1) is 8.74. The van der Waals surface area contributed by atoms with E-state index in [1.165, 1.54) is 0 Å². The monoisotopic (exact) mass is 299 g/mol. The van der Waals surface area contributed by atoms with Crippen LogP contribution in [0, 0.1) is 10.1 Å². The van der Waals surface area contributed by atoms with E-state index in [2.05, 4.69) is 4.98 Å². The van der Waals surface area contributed by atoms with Gasteiger partial charge in [0.15, 0.2) is 0 Å². The molecule has 1 heterocycles. The molecular formula is C9H9ClF3N3O3. The van der Waals surface area contributed by atoms with E-state index >= 15 is 0 Å². The number of aliphatic hydroxyl groups is 1. The van der Waals surface area contributed by atoms with Gasteiger partial charge in [-0.05, 0) is 0 Å². The van der Waals surface area contributed by atoms with Crippen molar-refractivity contribution < 1.29 is 23.2 Å². The largest absolute Gasteiger partial charge is 0.405 e. The second-order valence-corrected chi connectivity index (χ2v) is 3.95. The molecular weight excluding hydrogens is 291 g/mol. The minimum absolute atomic E-state index is 0.0635. The zero-order chi connectivity index (χ0) is 14.6. The summed E-state index contributed by atoms with van der Waals surface area (Å²) in [4.78, 5) is 14.0. The Morgan fingerprint density at radius 3 is 2.63 bits per heavy atom. The highest BCUT2D eigenvalue weighted by molar-refractivity contribution is 6.30. The van der Waals surface area contributed by atoms with Crippen LogP contribution in [0.5, 0.6) is 0 Å². The fourth-order valence-electron chi connectivity index (χ4n) is 1.40. The summed E-state index contributed by atoms with van der Waals surface area (Å²) < 4.78 is 37.1. The summed E-state index contributed by atoms with van der Waals surface area (Å²) in [5.41, 5.74) is -0.648. The van der Waals surface area contributed by atoms with E-state index in [4.69, 9.17) is 16.7 Å². The number of pyridine rings is 1. The van der Waals surface area contributed by atoms with Crippen molar-refractivity contribution in [2.75, 3.05) is 24.6 Å². The van der Waals surface area contributed by atoms with Crippen LogP contribution in [-0.4, -0.2) is 40.9 Å². The van der Waals surface area contributed by atoms with Crippen LogP contribution < -0.4 is 4.90 Å². The summed E-state index contributed by atoms with van der Waals surface area (Å²) in [5, 5.41) is 19.5. The lowest BCUT2D eigenvalue weighted by atomic mass is 10.3. The highest BCUT2D eigenvalue weighted by Crippen LogP contribution is 2.30. The lowest BCUT2D eigenvalue weighted by Gasteiger charge is -2.23. The Morgan fingerprint density at radius 1 is 1.53 bits per heavy atom. The number of hydrogen-bond acceptors (Lipinski definition) is 5. The average Bonchev–Trinajstić information content (AvgIpc) is 2.26. The average molecular weight is 300 g/mol. The maximum Gasteiger partial charge on any atom is 0.405 e. The molecule has 0 aliphatic heterocycles. The molecule has 0 aliphatic rings. The Bertz CT molecular complexity index is 470. The van der Waals surface area contributed by atoms with Gasteiger partial charge in [0, 0.05) is 18.8 Å². The zero-order valence-corrected chi connectivity index (χ0v) is 10.1. The van der Waals surface area contributed by atoms with Crippen molar-refractivity contribution in [3.05, 3.63) is 27.4 Å². The van der Waals surface area contributed by atoms with Gasteiger partial charge in [-0.3, -0.25) is 10.1 Å². The van der Waals surface area contributed by atoms with Gasteiger partial charge in [-0.25, -0.2) is 4.98 Å². The summed E-state index contributed by atoms with van der Waals surface area (Å²) in [5.74, 6) is -0.485. The highest BCUT2D eigenvalue weighted by atomic mass is 35.5. The van der Waals surface area contributed by atoms with Crippen LogP contribution in [0.25, 0.3) is 0 Å². The molecule has 0 saturated heterocycles. The highest BCUT2D eigenvalue weighted by Gasteiger charge is 2.34. The van der Waals surface area contributed by atoms with Gasteiger partial charge in [0.2, 0.25) is 5.82 Å². The first-order valence-electron chi connectivity index (χ1n) is 4.97. The third-order valence-corrected chi connectivity index (χ3v) is 2.26. The number of halogens is 4. The Kier molecular flexibility index (Phi) is 4.90. The molecule has 0 unspecified atom stereocenters. The number of nitrogens with zero attached hydrogens (tertiary/aromatic N) is 3. The van der Waals surface area contributed by atoms with E-state index in [1.807, 2.05) is 0 Å². The standard InChI is InChI=1S/C9H9ClF3N3O3/c10-6-3-7(16(18)19)8(14-4-6)15(1-2-17)5-9(11,12)13/h3-4,17H,1-2,5H2. The molecule has 1 aromatic heterocycles. The molecule has 106 valence electrons. The first kappa shape index (κ1) is 15.4. The van der Waals surface area contributed by atoms with E-state index in [1.54, 1.807) is 0 Å². The van der Waals surface area contributed by atoms with Crippen LogP contribution in [0.4, 0.5) is 24.7 Å². The second-order valence-electron chi connectivity index (χ2n) is 3.51. The molecule has 0 spiro atoms. The molecule has 0 aromatic carbocycles. The molecule has 0 amide bonds. The summed E-state index contributed by atoms with van der Waals surface area (Å²) in [6.45, 7) is -2.49. The minimum atomic E-state index is -4.58. The first-order valence-corrected chi connectivity index (χ1v) is 5.35. The lowest BCUT2D eigenvalue weighted by Crippen LogP contribution is -2.37. The van der Waals surface area contributed by atoms with E-state index in [9.17, 15) is 23.3 Å². The van der Waals surface area contributed by atoms with Gasteiger partial charge < -0.3 is 10.0 Å². The van der Waals surface area contributed by atoms with Gasteiger partial charge in [-0.1, -0.05) is 11.6 Å². The Morgan fingerprint density at radius 2 is 2.16 bits per heavy atom. The summed E-state index contributed by atoms with van der Waals surface area (Å²) in [7, 11) is 0. The Labute approximate surface area is 110 Å². The molecule has 0 bridgehead atoms. The van der Waals surface area contributed by atoms with Crippen LogP contribution in [0.2, 0.25) is 5.02 Å². The van der Waals surface area contributed by atoms with Gasteiger partial charge in [0.1, 0.15) is 6.54 Å². The van der Waals surface area contributed by atoms with Gasteiger partial charge in [-0.2, -0.15) is 13.2 Å². The van der Waals surface area contributed by atoms with Crippen LogP contribution in [0.15, 0.2) is 12.3 Å². The number of aliphatic hydroxyl groups excluding tert-OH is 1. The Hall–Kier alpha value is -1.61. The second kappa shape index (κ2) is 6.02. The van der Waals surface area contributed by atoms with E-state index in [0.717, 1.165) is 12.3 Å². The number of hydrogen-bond donors (Lipinski definition) is 1. The number of nitro groups is 1. The van der Waals surface area contributed by atoms with Crippen molar-refractivity contribution >= 4 is 23.1 Å². The maximum absolute atomic E-state index is 12.4. The van der Waals surface area contributed by atoms with Gasteiger partial charge in [0.25, 0.3) is 0 Å². The molecule has 19 heavy (non-hydrogen) atoms. The maximum atomic E-state index is 12.4. The molecule has 0 saturated carbocycles. The third kappa shape index (κ3) is 4.52. The quantitative estimate of drug-likeness (QED) is 0.664. The smallest absolute Gasteiger partial charge is 0.395 e. The molecule has 0 aliphatic carbocycles. The van der Waals surface area contributed by atoms with Crippen molar-refractivity contribution in [1.82, 2.24) is 4.98 Å². The van der Waals surface area contributed by atoms with Gasteiger partial charge >= 0.3 is 11.9 Å². The van der Waals surface area contributed by atoms with Crippen molar-refractivity contribution in [1.29, 1.82) is 0 Å². The van der Waals surface area contributed by atoms with Crippen molar-refractivity contribution in [2.45, 2.75) is 6.18 Å². The van der Waals surface area contributed by atoms with E-state index < -0.39 is 42.3 Å². The summed E-state index contributed by atoms with van der Waals surface area (Å²) in [6, 6.07) is 0.907. The van der Waals surface area contributed by atoms with Crippen LogP contribution in [-0.2, 0) is 0 Å². The molecule has 0 fully saturated rings. The minimum Gasteiger partial charge on any atom is -0.395 e. The van der Waals surface area contributed by atoms with E-state index in [0.29, 0.717) is 4.90 Å². The fourth-order valence-corrected chi connectivity index (χ4v) is 1.55. The lowest BCUT2D eigenvalue weighted by molar-refractivity contribution is -0.384. The van der Waals surface area contributed by atoms with Crippen molar-refractivity contribution in [3.8, 4) is 0 Å². The molecule has 10 heteroatoms. The molecule has 1 aromatic rings. The predicted molar refractivity (Wildman–Crippen MR) is 61.3 cm³/mol. The summed E-state index contributed by atoms with van der Waals surface area (Å²) >= 11 is 5.52. The number of rotatable bonds is 5. The van der Waals surface area contributed by atoms with Crippen LogP contribution >= 0.6 is 11.6 Å². The zero-order valence-electron chi connectivity index (χ0n) is 9.39. The van der Waals surface area contributed by atoms with Gasteiger partial charge in [-0.15, -0.1) is 0 Å².